The van der Waals surface area contributed by atoms with Crippen molar-refractivity contribution < 1.29 is 28.0 Å². The normalized spacial score (nSPS) is 22.6. The molecule has 1 atom stereocenters. The van der Waals surface area contributed by atoms with Crippen LogP contribution in [0.25, 0.3) is 0 Å². The summed E-state index contributed by atoms with van der Waals surface area (Å²) in [5.74, 6) is -1.05. The van der Waals surface area contributed by atoms with E-state index in [-0.39, 0.29) is 11.2 Å². The minimum Gasteiger partial charge on any atom is -0.444 e. The van der Waals surface area contributed by atoms with Crippen LogP contribution in [0.5, 0.6) is 0 Å². The fraction of sp³-hybridized carbons (Fsp3) is 0.667. The standard InChI is InChI=1S/C24H36BFN2O5/c1-22(2,3)31-21(30)28-15-10-8-9-14-18(28)20(29)27-17-13-11-12-16(19(17)26)25-32-23(4,5)24(6,7)33-25/h11-13,18H,8-10,14-15H2,1-7H3,(H,27,29)/t18-/m0/s1. The zero-order valence-corrected chi connectivity index (χ0v) is 20.8. The zero-order valence-electron chi connectivity index (χ0n) is 20.8. The molecule has 1 aromatic rings. The maximum absolute atomic E-state index is 15.4. The van der Waals surface area contributed by atoms with Gasteiger partial charge in [-0.1, -0.05) is 25.0 Å². The van der Waals surface area contributed by atoms with Gasteiger partial charge in [0.25, 0.3) is 0 Å². The first kappa shape index (κ1) is 25.5. The van der Waals surface area contributed by atoms with Crippen molar-refractivity contribution in [3.05, 3.63) is 24.0 Å². The Balaban J connectivity index is 1.80. The molecular weight excluding hydrogens is 426 g/mol. The number of halogens is 1. The van der Waals surface area contributed by atoms with Gasteiger partial charge in [0.2, 0.25) is 5.91 Å². The van der Waals surface area contributed by atoms with Crippen LogP contribution in [-0.2, 0) is 18.8 Å². The molecule has 33 heavy (non-hydrogen) atoms. The molecule has 7 nitrogen and oxygen atoms in total. The van der Waals surface area contributed by atoms with Gasteiger partial charge in [-0.05, 0) is 67.4 Å². The molecule has 2 saturated heterocycles. The summed E-state index contributed by atoms with van der Waals surface area (Å²) in [5, 5.41) is 2.69. The molecule has 1 N–H and O–H groups in total. The number of amides is 2. The Morgan fingerprint density at radius 2 is 1.76 bits per heavy atom. The number of anilines is 1. The maximum Gasteiger partial charge on any atom is 0.497 e. The lowest BCUT2D eigenvalue weighted by atomic mass is 9.78. The summed E-state index contributed by atoms with van der Waals surface area (Å²) in [4.78, 5) is 27.4. The average molecular weight is 462 g/mol. The first-order valence-corrected chi connectivity index (χ1v) is 11.7. The third-order valence-corrected chi connectivity index (χ3v) is 6.48. The number of nitrogens with zero attached hydrogens (tertiary/aromatic N) is 1. The molecule has 2 heterocycles. The van der Waals surface area contributed by atoms with Gasteiger partial charge in [-0.3, -0.25) is 9.69 Å². The number of hydrogen-bond acceptors (Lipinski definition) is 5. The van der Waals surface area contributed by atoms with Gasteiger partial charge in [-0.15, -0.1) is 0 Å². The molecule has 0 aliphatic carbocycles. The summed E-state index contributed by atoms with van der Waals surface area (Å²) in [6.45, 7) is 13.4. The van der Waals surface area contributed by atoms with Crippen LogP contribution >= 0.6 is 0 Å². The molecule has 0 spiro atoms. The second-order valence-electron chi connectivity index (χ2n) is 10.8. The molecule has 0 saturated carbocycles. The molecule has 0 aromatic heterocycles. The van der Waals surface area contributed by atoms with Crippen molar-refractivity contribution in [3.63, 3.8) is 0 Å². The van der Waals surface area contributed by atoms with Crippen LogP contribution in [0, 0.1) is 5.82 Å². The first-order valence-electron chi connectivity index (χ1n) is 11.7. The van der Waals surface area contributed by atoms with E-state index in [1.165, 1.54) is 11.0 Å². The number of hydrogen-bond donors (Lipinski definition) is 1. The van der Waals surface area contributed by atoms with Crippen LogP contribution in [0.2, 0.25) is 0 Å². The number of nitrogens with one attached hydrogen (secondary N) is 1. The molecule has 2 fully saturated rings. The maximum atomic E-state index is 15.4. The third-order valence-electron chi connectivity index (χ3n) is 6.48. The summed E-state index contributed by atoms with van der Waals surface area (Å²) >= 11 is 0. The van der Waals surface area contributed by atoms with Crippen molar-refractivity contribution in [2.24, 2.45) is 0 Å². The van der Waals surface area contributed by atoms with Crippen LogP contribution < -0.4 is 10.8 Å². The van der Waals surface area contributed by atoms with E-state index in [2.05, 4.69) is 5.32 Å². The van der Waals surface area contributed by atoms with Crippen molar-refractivity contribution in [1.82, 2.24) is 4.90 Å². The first-order chi connectivity index (χ1) is 15.2. The van der Waals surface area contributed by atoms with E-state index in [0.717, 1.165) is 19.3 Å². The molecule has 3 rings (SSSR count). The highest BCUT2D eigenvalue weighted by atomic mass is 19.1. The van der Waals surface area contributed by atoms with E-state index in [9.17, 15) is 9.59 Å². The van der Waals surface area contributed by atoms with Gasteiger partial charge in [0, 0.05) is 12.0 Å². The lowest BCUT2D eigenvalue weighted by Gasteiger charge is -2.32. The number of likely N-dealkylation sites (tertiary alicyclic amines) is 1. The van der Waals surface area contributed by atoms with Gasteiger partial charge < -0.3 is 19.4 Å². The summed E-state index contributed by atoms with van der Waals surface area (Å²) in [5.41, 5.74) is -1.65. The number of carbonyl (C=O) groups is 2. The van der Waals surface area contributed by atoms with Crippen LogP contribution in [0.15, 0.2) is 18.2 Å². The zero-order chi connectivity index (χ0) is 24.6. The Hall–Kier alpha value is -2.13. The van der Waals surface area contributed by atoms with Gasteiger partial charge in [-0.2, -0.15) is 0 Å². The van der Waals surface area contributed by atoms with Crippen molar-refractivity contribution >= 4 is 30.3 Å². The number of benzene rings is 1. The fourth-order valence-corrected chi connectivity index (χ4v) is 3.93. The Morgan fingerprint density at radius 3 is 2.36 bits per heavy atom. The van der Waals surface area contributed by atoms with Gasteiger partial charge in [0.05, 0.1) is 16.9 Å². The second kappa shape index (κ2) is 9.26. The van der Waals surface area contributed by atoms with Crippen molar-refractivity contribution in [2.45, 2.75) is 97.0 Å². The summed E-state index contributed by atoms with van der Waals surface area (Å²) in [6.07, 6.45) is 2.46. The third kappa shape index (κ3) is 5.69. The van der Waals surface area contributed by atoms with E-state index in [1.54, 1.807) is 32.9 Å². The average Bonchev–Trinajstić information content (AvgIpc) is 2.85. The Kier molecular flexibility index (Phi) is 7.15. The second-order valence-corrected chi connectivity index (χ2v) is 10.8. The van der Waals surface area contributed by atoms with Crippen molar-refractivity contribution in [2.75, 3.05) is 11.9 Å². The van der Waals surface area contributed by atoms with E-state index >= 15 is 4.39 Å². The largest absolute Gasteiger partial charge is 0.497 e. The predicted molar refractivity (Wildman–Crippen MR) is 126 cm³/mol. The van der Waals surface area contributed by atoms with E-state index in [4.69, 9.17) is 14.0 Å². The molecule has 0 unspecified atom stereocenters. The highest BCUT2D eigenvalue weighted by Gasteiger charge is 2.52. The smallest absolute Gasteiger partial charge is 0.444 e. The topological polar surface area (TPSA) is 77.1 Å². The lowest BCUT2D eigenvalue weighted by Crippen LogP contribution is -2.49. The molecule has 2 amide bonds. The highest BCUT2D eigenvalue weighted by Crippen LogP contribution is 2.37. The Morgan fingerprint density at radius 1 is 1.12 bits per heavy atom. The summed E-state index contributed by atoms with van der Waals surface area (Å²) < 4.78 is 32.9. The van der Waals surface area contributed by atoms with Crippen LogP contribution in [-0.4, -0.2) is 53.4 Å². The monoisotopic (exact) mass is 462 g/mol. The lowest BCUT2D eigenvalue weighted by molar-refractivity contribution is -0.121. The highest BCUT2D eigenvalue weighted by molar-refractivity contribution is 6.62. The number of rotatable bonds is 3. The van der Waals surface area contributed by atoms with Crippen molar-refractivity contribution in [1.29, 1.82) is 0 Å². The summed E-state index contributed by atoms with van der Waals surface area (Å²) in [6, 6.07) is 4.00. The summed E-state index contributed by atoms with van der Waals surface area (Å²) in [7, 11) is -0.886. The van der Waals surface area contributed by atoms with Crippen LogP contribution in [0.3, 0.4) is 0 Å². The van der Waals surface area contributed by atoms with E-state index in [0.29, 0.717) is 13.0 Å². The quantitative estimate of drug-likeness (QED) is 0.680. The molecule has 2 aliphatic rings. The number of carbonyl (C=O) groups excluding carboxylic acids is 2. The minimum absolute atomic E-state index is 0.0283. The molecule has 0 radical (unpaired) electrons. The molecule has 2 aliphatic heterocycles. The van der Waals surface area contributed by atoms with Crippen LogP contribution in [0.4, 0.5) is 14.9 Å². The minimum atomic E-state index is -0.886. The van der Waals surface area contributed by atoms with Gasteiger partial charge >= 0.3 is 13.2 Å². The Bertz CT molecular complexity index is 883. The van der Waals surface area contributed by atoms with Gasteiger partial charge in [0.15, 0.2) is 0 Å². The molecule has 182 valence electrons. The van der Waals surface area contributed by atoms with Crippen LogP contribution in [0.1, 0.15) is 74.1 Å². The Labute approximate surface area is 196 Å². The van der Waals surface area contributed by atoms with E-state index in [1.807, 2.05) is 27.7 Å². The van der Waals surface area contributed by atoms with Crippen molar-refractivity contribution in [3.8, 4) is 0 Å². The fourth-order valence-electron chi connectivity index (χ4n) is 3.93. The molecule has 9 heteroatoms. The molecule has 0 bridgehead atoms. The van der Waals surface area contributed by atoms with E-state index < -0.39 is 47.8 Å². The number of ether oxygens (including phenoxy) is 1. The molecule has 1 aromatic carbocycles. The van der Waals surface area contributed by atoms with Gasteiger partial charge in [0.1, 0.15) is 17.5 Å². The van der Waals surface area contributed by atoms with Gasteiger partial charge in [-0.25, -0.2) is 9.18 Å². The predicted octanol–water partition coefficient (Wildman–Crippen LogP) is 4.24. The SMILES string of the molecule is CC(C)(C)OC(=O)N1CCCCC[C@H]1C(=O)Nc1cccc(B2OC(C)(C)C(C)(C)O2)c1F. The molecular formula is C24H36BFN2O5.